The zero-order valence-corrected chi connectivity index (χ0v) is 12.2. The average Bonchev–Trinajstić information content (AvgIpc) is 2.45. The molecule has 5 heteroatoms. The minimum Gasteiger partial charge on any atom is -0.459 e. The third kappa shape index (κ3) is 3.48. The second kappa shape index (κ2) is 6.83. The Morgan fingerprint density at radius 2 is 1.50 bits per heavy atom. The fourth-order valence-electron chi connectivity index (χ4n) is 3.17. The van der Waals surface area contributed by atoms with E-state index in [4.69, 9.17) is 9.47 Å². The van der Waals surface area contributed by atoms with Gasteiger partial charge in [0, 0.05) is 7.11 Å². The number of carbonyl (C=O) groups excluding carboxylic acids is 1. The minimum absolute atomic E-state index is 0.142. The maximum absolute atomic E-state index is 13.9. The fourth-order valence-corrected chi connectivity index (χ4v) is 3.17. The molecule has 116 valence electrons. The summed E-state index contributed by atoms with van der Waals surface area (Å²) in [5.41, 5.74) is 0. The molecule has 2 aliphatic carbocycles. The Kier molecular flexibility index (Phi) is 5.35. The van der Waals surface area contributed by atoms with Crippen LogP contribution in [0.15, 0.2) is 0 Å². The summed E-state index contributed by atoms with van der Waals surface area (Å²) < 4.78 is 37.8. The van der Waals surface area contributed by atoms with Gasteiger partial charge < -0.3 is 9.47 Å². The summed E-state index contributed by atoms with van der Waals surface area (Å²) in [5.74, 6) is 0.143. The van der Waals surface area contributed by atoms with Crippen molar-refractivity contribution in [2.75, 3.05) is 7.11 Å². The first-order valence-electron chi connectivity index (χ1n) is 7.54. The Balaban J connectivity index is 1.85. The van der Waals surface area contributed by atoms with Gasteiger partial charge in [0.2, 0.25) is 0 Å². The number of alkyl halides is 2. The van der Waals surface area contributed by atoms with Gasteiger partial charge in [-0.2, -0.15) is 0 Å². The van der Waals surface area contributed by atoms with Crippen molar-refractivity contribution in [3.05, 3.63) is 0 Å². The molecule has 0 radical (unpaired) electrons. The Morgan fingerprint density at radius 1 is 0.950 bits per heavy atom. The van der Waals surface area contributed by atoms with Crippen molar-refractivity contribution in [2.24, 2.45) is 11.8 Å². The molecule has 2 aliphatic rings. The lowest BCUT2D eigenvalue weighted by Gasteiger charge is -2.34. The standard InChI is InChI=1S/C15H24F2O3/c1-9-3-5-10(6-4-9)15(18)20-12-8-7-11(19-2)13(16)14(12)17/h9-14H,3-8H2,1-2H3. The van der Waals surface area contributed by atoms with Crippen molar-refractivity contribution in [2.45, 2.75) is 70.0 Å². The first-order chi connectivity index (χ1) is 9.52. The molecule has 0 saturated heterocycles. The smallest absolute Gasteiger partial charge is 0.309 e. The van der Waals surface area contributed by atoms with Crippen LogP contribution in [-0.4, -0.2) is 37.6 Å². The van der Waals surface area contributed by atoms with Crippen LogP contribution in [-0.2, 0) is 14.3 Å². The lowest BCUT2D eigenvalue weighted by molar-refractivity contribution is -0.168. The lowest BCUT2D eigenvalue weighted by atomic mass is 9.83. The van der Waals surface area contributed by atoms with Crippen molar-refractivity contribution in [3.63, 3.8) is 0 Å². The summed E-state index contributed by atoms with van der Waals surface area (Å²) in [5, 5.41) is 0. The molecular formula is C15H24F2O3. The molecule has 3 nitrogen and oxygen atoms in total. The number of methoxy groups -OCH3 is 1. The van der Waals surface area contributed by atoms with Crippen LogP contribution in [0.2, 0.25) is 0 Å². The summed E-state index contributed by atoms with van der Waals surface area (Å²) in [6, 6.07) is 0. The molecule has 0 aromatic heterocycles. The topological polar surface area (TPSA) is 35.5 Å². The highest BCUT2D eigenvalue weighted by Gasteiger charge is 2.43. The van der Waals surface area contributed by atoms with E-state index >= 15 is 0 Å². The Morgan fingerprint density at radius 3 is 2.10 bits per heavy atom. The zero-order valence-electron chi connectivity index (χ0n) is 12.2. The van der Waals surface area contributed by atoms with Crippen molar-refractivity contribution >= 4 is 5.97 Å². The second-order valence-electron chi connectivity index (χ2n) is 6.17. The molecule has 2 saturated carbocycles. The van der Waals surface area contributed by atoms with Gasteiger partial charge in [0.25, 0.3) is 0 Å². The third-order valence-electron chi connectivity index (χ3n) is 4.67. The van der Waals surface area contributed by atoms with Crippen LogP contribution in [0, 0.1) is 11.8 Å². The maximum Gasteiger partial charge on any atom is 0.309 e. The van der Waals surface area contributed by atoms with Crippen molar-refractivity contribution in [1.29, 1.82) is 0 Å². The minimum atomic E-state index is -1.78. The van der Waals surface area contributed by atoms with E-state index in [2.05, 4.69) is 6.92 Å². The number of hydrogen-bond acceptors (Lipinski definition) is 3. The van der Waals surface area contributed by atoms with Crippen LogP contribution in [0.25, 0.3) is 0 Å². The molecule has 0 aromatic carbocycles. The number of ether oxygens (including phenoxy) is 2. The third-order valence-corrected chi connectivity index (χ3v) is 4.67. The molecule has 2 fully saturated rings. The van der Waals surface area contributed by atoms with Crippen LogP contribution in [0.1, 0.15) is 45.4 Å². The molecule has 0 aromatic rings. The van der Waals surface area contributed by atoms with Crippen LogP contribution in [0.5, 0.6) is 0 Å². The van der Waals surface area contributed by atoms with E-state index < -0.39 is 24.6 Å². The molecule has 0 bridgehead atoms. The summed E-state index contributed by atoms with van der Waals surface area (Å²) in [6.45, 7) is 2.17. The van der Waals surface area contributed by atoms with Gasteiger partial charge in [-0.15, -0.1) is 0 Å². The Labute approximate surface area is 119 Å². The van der Waals surface area contributed by atoms with Crippen LogP contribution >= 0.6 is 0 Å². The van der Waals surface area contributed by atoms with Crippen molar-refractivity contribution < 1.29 is 23.0 Å². The fraction of sp³-hybridized carbons (Fsp3) is 0.933. The van der Waals surface area contributed by atoms with Gasteiger partial charge >= 0.3 is 5.97 Å². The number of carbonyl (C=O) groups is 1. The van der Waals surface area contributed by atoms with Crippen LogP contribution in [0.3, 0.4) is 0 Å². The van der Waals surface area contributed by atoms with E-state index in [9.17, 15) is 13.6 Å². The number of halogens is 2. The van der Waals surface area contributed by atoms with Gasteiger partial charge in [0.05, 0.1) is 12.0 Å². The first kappa shape index (κ1) is 15.7. The largest absolute Gasteiger partial charge is 0.459 e. The predicted octanol–water partition coefficient (Wildman–Crippen LogP) is 3.21. The van der Waals surface area contributed by atoms with E-state index in [-0.39, 0.29) is 11.9 Å². The molecule has 0 heterocycles. The molecule has 0 amide bonds. The highest BCUT2D eigenvalue weighted by atomic mass is 19.2. The molecule has 0 aliphatic heterocycles. The maximum atomic E-state index is 13.9. The summed E-state index contributed by atoms with van der Waals surface area (Å²) >= 11 is 0. The Hall–Kier alpha value is -0.710. The highest BCUT2D eigenvalue weighted by molar-refractivity contribution is 5.72. The second-order valence-corrected chi connectivity index (χ2v) is 6.17. The van der Waals surface area contributed by atoms with Gasteiger partial charge in [-0.1, -0.05) is 6.92 Å². The first-order valence-corrected chi connectivity index (χ1v) is 7.54. The lowest BCUT2D eigenvalue weighted by Crippen LogP contribution is -2.47. The van der Waals surface area contributed by atoms with Gasteiger partial charge in [-0.3, -0.25) is 4.79 Å². The van der Waals surface area contributed by atoms with Gasteiger partial charge in [0.1, 0.15) is 6.10 Å². The summed E-state index contributed by atoms with van der Waals surface area (Å²) in [7, 11) is 1.37. The van der Waals surface area contributed by atoms with Crippen molar-refractivity contribution in [3.8, 4) is 0 Å². The predicted molar refractivity (Wildman–Crippen MR) is 70.8 cm³/mol. The molecule has 4 atom stereocenters. The quantitative estimate of drug-likeness (QED) is 0.749. The van der Waals surface area contributed by atoms with Crippen molar-refractivity contribution in [1.82, 2.24) is 0 Å². The summed E-state index contributed by atoms with van der Waals surface area (Å²) in [6.07, 6.45) is -0.863. The molecule has 20 heavy (non-hydrogen) atoms. The van der Waals surface area contributed by atoms with E-state index in [0.29, 0.717) is 18.8 Å². The van der Waals surface area contributed by atoms with E-state index in [1.807, 2.05) is 0 Å². The van der Waals surface area contributed by atoms with Gasteiger partial charge in [-0.25, -0.2) is 8.78 Å². The molecule has 0 N–H and O–H groups in total. The molecule has 0 spiro atoms. The summed E-state index contributed by atoms with van der Waals surface area (Å²) in [4.78, 5) is 12.0. The molecule has 4 unspecified atom stereocenters. The van der Waals surface area contributed by atoms with E-state index in [0.717, 1.165) is 25.7 Å². The monoisotopic (exact) mass is 290 g/mol. The number of hydrogen-bond donors (Lipinski definition) is 0. The van der Waals surface area contributed by atoms with Crippen LogP contribution < -0.4 is 0 Å². The van der Waals surface area contributed by atoms with Gasteiger partial charge in [0.15, 0.2) is 12.3 Å². The van der Waals surface area contributed by atoms with E-state index in [1.54, 1.807) is 0 Å². The normalized spacial score (nSPS) is 42.2. The SMILES string of the molecule is COC1CCC(OC(=O)C2CCC(C)CC2)C(F)C1F. The van der Waals surface area contributed by atoms with Gasteiger partial charge in [-0.05, 0) is 44.4 Å². The zero-order chi connectivity index (χ0) is 14.7. The molecular weight excluding hydrogens is 266 g/mol. The Bertz CT molecular complexity index is 329. The highest BCUT2D eigenvalue weighted by Crippen LogP contribution is 2.32. The average molecular weight is 290 g/mol. The van der Waals surface area contributed by atoms with Crippen LogP contribution in [0.4, 0.5) is 8.78 Å². The van der Waals surface area contributed by atoms with E-state index in [1.165, 1.54) is 7.11 Å². The number of esters is 1. The molecule has 2 rings (SSSR count). The number of rotatable bonds is 3.